The van der Waals surface area contributed by atoms with E-state index in [1.54, 1.807) is 6.20 Å². The van der Waals surface area contributed by atoms with Crippen molar-refractivity contribution in [1.29, 1.82) is 0 Å². The zero-order valence-electron chi connectivity index (χ0n) is 9.00. The molecule has 0 radical (unpaired) electrons. The monoisotopic (exact) mass is 193 g/mol. The van der Waals surface area contributed by atoms with Gasteiger partial charge in [0.05, 0.1) is 18.4 Å². The summed E-state index contributed by atoms with van der Waals surface area (Å²) in [4.78, 5) is 15.6. The van der Waals surface area contributed by atoms with E-state index in [1.807, 2.05) is 26.8 Å². The van der Waals surface area contributed by atoms with E-state index < -0.39 is 0 Å². The second-order valence-corrected chi connectivity index (χ2v) is 3.51. The molecule has 0 bridgehead atoms. The fourth-order valence-electron chi connectivity index (χ4n) is 1.43. The third-order valence-electron chi connectivity index (χ3n) is 2.18. The maximum Gasteiger partial charge on any atom is 0.339 e. The van der Waals surface area contributed by atoms with E-state index >= 15 is 0 Å². The Morgan fingerprint density at radius 3 is 2.64 bits per heavy atom. The van der Waals surface area contributed by atoms with Crippen LogP contribution in [0.25, 0.3) is 0 Å². The van der Waals surface area contributed by atoms with Crippen LogP contribution in [0.3, 0.4) is 0 Å². The van der Waals surface area contributed by atoms with E-state index in [2.05, 4.69) is 4.98 Å². The normalized spacial score (nSPS) is 10.4. The number of esters is 1. The van der Waals surface area contributed by atoms with Crippen LogP contribution in [-0.2, 0) is 4.74 Å². The van der Waals surface area contributed by atoms with E-state index in [-0.39, 0.29) is 5.97 Å². The van der Waals surface area contributed by atoms with Gasteiger partial charge in [0.1, 0.15) is 0 Å². The van der Waals surface area contributed by atoms with Crippen molar-refractivity contribution in [2.24, 2.45) is 0 Å². The predicted molar refractivity (Wildman–Crippen MR) is 54.4 cm³/mol. The zero-order valence-corrected chi connectivity index (χ0v) is 9.00. The molecule has 0 aliphatic heterocycles. The predicted octanol–water partition coefficient (Wildman–Crippen LogP) is 2.30. The van der Waals surface area contributed by atoms with Crippen LogP contribution >= 0.6 is 0 Å². The van der Waals surface area contributed by atoms with Gasteiger partial charge in [-0.15, -0.1) is 0 Å². The molecule has 0 aliphatic carbocycles. The Kier molecular flexibility index (Phi) is 3.23. The molecule has 0 saturated carbocycles. The van der Waals surface area contributed by atoms with Crippen LogP contribution in [0.1, 0.15) is 41.4 Å². The van der Waals surface area contributed by atoms with Crippen LogP contribution in [-0.4, -0.2) is 18.1 Å². The van der Waals surface area contributed by atoms with Crippen LogP contribution in [0.5, 0.6) is 0 Å². The van der Waals surface area contributed by atoms with Crippen LogP contribution in [0.4, 0.5) is 0 Å². The number of hydrogen-bond acceptors (Lipinski definition) is 3. The lowest BCUT2D eigenvalue weighted by Crippen LogP contribution is -2.10. The lowest BCUT2D eigenvalue weighted by molar-refractivity contribution is 0.0597. The van der Waals surface area contributed by atoms with Gasteiger partial charge in [-0.25, -0.2) is 4.79 Å². The van der Waals surface area contributed by atoms with Gasteiger partial charge in [0.25, 0.3) is 0 Å². The lowest BCUT2D eigenvalue weighted by atomic mass is 9.97. The van der Waals surface area contributed by atoms with Crippen molar-refractivity contribution >= 4 is 5.97 Å². The van der Waals surface area contributed by atoms with Crippen molar-refractivity contribution in [2.45, 2.75) is 26.7 Å². The van der Waals surface area contributed by atoms with E-state index in [0.717, 1.165) is 11.3 Å². The standard InChI is InChI=1S/C11H15NO2/c1-7(2)9-5-6-12-8(3)10(9)11(13)14-4/h5-7H,1-4H3. The minimum atomic E-state index is -0.306. The summed E-state index contributed by atoms with van der Waals surface area (Å²) in [6, 6.07) is 1.86. The van der Waals surface area contributed by atoms with Crippen LogP contribution in [0, 0.1) is 6.92 Å². The number of nitrogens with zero attached hydrogens (tertiary/aromatic N) is 1. The molecule has 76 valence electrons. The van der Waals surface area contributed by atoms with Gasteiger partial charge >= 0.3 is 5.97 Å². The highest BCUT2D eigenvalue weighted by Crippen LogP contribution is 2.21. The van der Waals surface area contributed by atoms with E-state index in [4.69, 9.17) is 4.74 Å². The first-order valence-corrected chi connectivity index (χ1v) is 4.61. The summed E-state index contributed by atoms with van der Waals surface area (Å²) in [5.74, 6) is -0.00917. The molecule has 3 heteroatoms. The van der Waals surface area contributed by atoms with Crippen LogP contribution in [0.15, 0.2) is 12.3 Å². The Labute approximate surface area is 84.1 Å². The summed E-state index contributed by atoms with van der Waals surface area (Å²) in [5.41, 5.74) is 2.32. The second kappa shape index (κ2) is 4.22. The van der Waals surface area contributed by atoms with E-state index in [0.29, 0.717) is 11.5 Å². The summed E-state index contributed by atoms with van der Waals surface area (Å²) in [6.45, 7) is 5.90. The highest BCUT2D eigenvalue weighted by atomic mass is 16.5. The molecule has 1 aromatic heterocycles. The van der Waals surface area contributed by atoms with Crippen molar-refractivity contribution in [2.75, 3.05) is 7.11 Å². The summed E-state index contributed by atoms with van der Waals surface area (Å²) in [6.07, 6.45) is 1.72. The van der Waals surface area contributed by atoms with Gasteiger partial charge in [0.15, 0.2) is 0 Å². The number of carbonyl (C=O) groups is 1. The molecule has 14 heavy (non-hydrogen) atoms. The molecule has 0 unspecified atom stereocenters. The average Bonchev–Trinajstić information content (AvgIpc) is 2.16. The van der Waals surface area contributed by atoms with Crippen molar-refractivity contribution in [3.05, 3.63) is 29.1 Å². The topological polar surface area (TPSA) is 39.2 Å². The first-order chi connectivity index (χ1) is 6.57. The van der Waals surface area contributed by atoms with Gasteiger partial charge in [-0.1, -0.05) is 13.8 Å². The van der Waals surface area contributed by atoms with Crippen molar-refractivity contribution in [3.8, 4) is 0 Å². The number of carbonyl (C=O) groups excluding carboxylic acids is 1. The molecule has 0 amide bonds. The molecule has 1 aromatic rings. The molecule has 0 fully saturated rings. The Bertz CT molecular complexity index is 345. The Balaban J connectivity index is 3.29. The Morgan fingerprint density at radius 2 is 2.14 bits per heavy atom. The second-order valence-electron chi connectivity index (χ2n) is 3.51. The van der Waals surface area contributed by atoms with Gasteiger partial charge in [-0.2, -0.15) is 0 Å². The molecule has 0 spiro atoms. The van der Waals surface area contributed by atoms with E-state index in [9.17, 15) is 4.79 Å². The largest absolute Gasteiger partial charge is 0.465 e. The average molecular weight is 193 g/mol. The third kappa shape index (κ3) is 1.92. The number of hydrogen-bond donors (Lipinski definition) is 0. The molecule has 0 atom stereocenters. The Hall–Kier alpha value is -1.38. The smallest absolute Gasteiger partial charge is 0.339 e. The SMILES string of the molecule is COC(=O)c1c(C(C)C)ccnc1C. The minimum Gasteiger partial charge on any atom is -0.465 e. The summed E-state index contributed by atoms with van der Waals surface area (Å²) in [7, 11) is 1.39. The molecule has 0 saturated heterocycles. The fraction of sp³-hybridized carbons (Fsp3) is 0.455. The number of methoxy groups -OCH3 is 1. The molecule has 1 rings (SSSR count). The summed E-state index contributed by atoms with van der Waals surface area (Å²) < 4.78 is 4.73. The molecule has 3 nitrogen and oxygen atoms in total. The van der Waals surface area contributed by atoms with Gasteiger partial charge < -0.3 is 4.74 Å². The molecule has 0 aromatic carbocycles. The highest BCUT2D eigenvalue weighted by molar-refractivity contribution is 5.92. The third-order valence-corrected chi connectivity index (χ3v) is 2.18. The molecule has 1 heterocycles. The van der Waals surface area contributed by atoms with E-state index in [1.165, 1.54) is 7.11 Å². The summed E-state index contributed by atoms with van der Waals surface area (Å²) >= 11 is 0. The molecule has 0 N–H and O–H groups in total. The number of pyridine rings is 1. The van der Waals surface area contributed by atoms with Gasteiger partial charge in [0, 0.05) is 6.20 Å². The lowest BCUT2D eigenvalue weighted by Gasteiger charge is -2.12. The first kappa shape index (κ1) is 10.7. The minimum absolute atomic E-state index is 0.297. The quantitative estimate of drug-likeness (QED) is 0.676. The van der Waals surface area contributed by atoms with Crippen molar-refractivity contribution in [1.82, 2.24) is 4.98 Å². The van der Waals surface area contributed by atoms with Gasteiger partial charge in [-0.3, -0.25) is 4.98 Å². The summed E-state index contributed by atoms with van der Waals surface area (Å²) in [5, 5.41) is 0. The number of ether oxygens (including phenoxy) is 1. The Morgan fingerprint density at radius 1 is 1.50 bits per heavy atom. The highest BCUT2D eigenvalue weighted by Gasteiger charge is 2.17. The molecular weight excluding hydrogens is 178 g/mol. The van der Waals surface area contributed by atoms with Crippen molar-refractivity contribution < 1.29 is 9.53 Å². The van der Waals surface area contributed by atoms with Crippen molar-refractivity contribution in [3.63, 3.8) is 0 Å². The molecular formula is C11H15NO2. The maximum absolute atomic E-state index is 11.5. The number of rotatable bonds is 2. The number of aryl methyl sites for hydroxylation is 1. The molecule has 0 aliphatic rings. The fourth-order valence-corrected chi connectivity index (χ4v) is 1.43. The first-order valence-electron chi connectivity index (χ1n) is 4.61. The van der Waals surface area contributed by atoms with Crippen LogP contribution in [0.2, 0.25) is 0 Å². The number of aromatic nitrogens is 1. The maximum atomic E-state index is 11.5. The zero-order chi connectivity index (χ0) is 10.7. The van der Waals surface area contributed by atoms with Gasteiger partial charge in [-0.05, 0) is 24.5 Å². The van der Waals surface area contributed by atoms with Gasteiger partial charge in [0.2, 0.25) is 0 Å². The van der Waals surface area contributed by atoms with Crippen LogP contribution < -0.4 is 0 Å².